The lowest BCUT2D eigenvalue weighted by Gasteiger charge is -2.32. The Morgan fingerprint density at radius 1 is 1.26 bits per heavy atom. The highest BCUT2D eigenvalue weighted by Crippen LogP contribution is 2.22. The molecule has 1 saturated heterocycles. The fourth-order valence-corrected chi connectivity index (χ4v) is 3.50. The van der Waals surface area contributed by atoms with Crippen molar-refractivity contribution in [3.05, 3.63) is 30.1 Å². The molecule has 2 heterocycles. The number of benzene rings is 1. The van der Waals surface area contributed by atoms with Crippen LogP contribution in [0.1, 0.15) is 25.6 Å². The Morgan fingerprint density at radius 3 is 2.61 bits per heavy atom. The monoisotopic (exact) mass is 314 g/mol. The number of likely N-dealkylation sites (tertiary alicyclic amines) is 1. The van der Waals surface area contributed by atoms with Crippen LogP contribution in [0, 0.1) is 5.92 Å². The second kappa shape index (κ2) is 6.71. The fraction of sp³-hybridized carbons (Fsp3) is 0.556. The number of para-hydroxylation sites is 2. The second-order valence-electron chi connectivity index (χ2n) is 6.54. The number of amides is 1. The van der Waals surface area contributed by atoms with Crippen molar-refractivity contribution in [3.8, 4) is 0 Å². The third-order valence-corrected chi connectivity index (χ3v) is 4.79. The molecule has 2 aromatic rings. The highest BCUT2D eigenvalue weighted by molar-refractivity contribution is 5.78. The number of fused-ring (bicyclic) bond motifs is 1. The molecule has 1 amide bonds. The number of imidazole rings is 1. The van der Waals surface area contributed by atoms with Crippen molar-refractivity contribution in [2.45, 2.75) is 32.9 Å². The summed E-state index contributed by atoms with van der Waals surface area (Å²) in [5.74, 6) is 1.59. The maximum absolute atomic E-state index is 12.1. The van der Waals surface area contributed by atoms with Crippen molar-refractivity contribution in [1.29, 1.82) is 0 Å². The van der Waals surface area contributed by atoms with Crippen molar-refractivity contribution >= 4 is 16.9 Å². The van der Waals surface area contributed by atoms with E-state index in [-0.39, 0.29) is 11.8 Å². The fourth-order valence-electron chi connectivity index (χ4n) is 3.50. The summed E-state index contributed by atoms with van der Waals surface area (Å²) in [6, 6.07) is 8.32. The minimum Gasteiger partial charge on any atom is -0.349 e. The third kappa shape index (κ3) is 3.24. The normalized spacial score (nSPS) is 16.8. The third-order valence-electron chi connectivity index (χ3n) is 4.79. The number of carbonyl (C=O) groups excluding carboxylic acids is 1. The van der Waals surface area contributed by atoms with Gasteiger partial charge in [0.2, 0.25) is 5.91 Å². The molecule has 5 nitrogen and oxygen atoms in total. The van der Waals surface area contributed by atoms with Crippen LogP contribution in [-0.2, 0) is 17.9 Å². The van der Waals surface area contributed by atoms with Gasteiger partial charge in [0.15, 0.2) is 0 Å². The van der Waals surface area contributed by atoms with Crippen LogP contribution in [-0.4, -0.2) is 52.4 Å². The van der Waals surface area contributed by atoms with Gasteiger partial charge in [0, 0.05) is 26.6 Å². The zero-order valence-electron chi connectivity index (χ0n) is 14.3. The highest BCUT2D eigenvalue weighted by Gasteiger charge is 2.26. The number of aryl methyl sites for hydroxylation is 1. The zero-order chi connectivity index (χ0) is 16.4. The number of rotatable bonds is 4. The molecule has 23 heavy (non-hydrogen) atoms. The van der Waals surface area contributed by atoms with E-state index in [1.165, 1.54) is 5.52 Å². The molecule has 0 spiro atoms. The maximum atomic E-state index is 12.1. The van der Waals surface area contributed by atoms with Gasteiger partial charge in [-0.15, -0.1) is 0 Å². The van der Waals surface area contributed by atoms with Crippen molar-refractivity contribution in [1.82, 2.24) is 19.4 Å². The van der Waals surface area contributed by atoms with Gasteiger partial charge in [-0.3, -0.25) is 9.69 Å². The van der Waals surface area contributed by atoms with Gasteiger partial charge in [-0.1, -0.05) is 12.1 Å². The number of piperidine rings is 1. The van der Waals surface area contributed by atoms with E-state index in [4.69, 9.17) is 4.98 Å². The molecule has 1 aromatic carbocycles. The van der Waals surface area contributed by atoms with Gasteiger partial charge in [0.25, 0.3) is 0 Å². The van der Waals surface area contributed by atoms with Crippen LogP contribution in [0.4, 0.5) is 0 Å². The Hall–Kier alpha value is -1.88. The van der Waals surface area contributed by atoms with Gasteiger partial charge in [-0.2, -0.15) is 0 Å². The first-order chi connectivity index (χ1) is 11.1. The predicted octanol–water partition coefficient (Wildman–Crippen LogP) is 2.36. The zero-order valence-corrected chi connectivity index (χ0v) is 14.3. The number of carbonyl (C=O) groups is 1. The molecule has 1 aromatic heterocycles. The van der Waals surface area contributed by atoms with Crippen molar-refractivity contribution in [3.63, 3.8) is 0 Å². The molecule has 124 valence electrons. The first-order valence-corrected chi connectivity index (χ1v) is 8.47. The average molecular weight is 314 g/mol. The van der Waals surface area contributed by atoms with Crippen LogP contribution in [0.3, 0.4) is 0 Å². The van der Waals surface area contributed by atoms with E-state index in [0.717, 1.165) is 50.4 Å². The van der Waals surface area contributed by atoms with Crippen LogP contribution in [0.25, 0.3) is 11.0 Å². The summed E-state index contributed by atoms with van der Waals surface area (Å²) in [6.07, 6.45) is 1.90. The van der Waals surface area contributed by atoms with Crippen molar-refractivity contribution in [2.24, 2.45) is 5.92 Å². The van der Waals surface area contributed by atoms with Crippen molar-refractivity contribution < 1.29 is 4.79 Å². The largest absolute Gasteiger partial charge is 0.349 e. The molecule has 0 N–H and O–H groups in total. The first-order valence-electron chi connectivity index (χ1n) is 8.47. The van der Waals surface area contributed by atoms with Gasteiger partial charge in [-0.05, 0) is 45.0 Å². The number of hydrogen-bond acceptors (Lipinski definition) is 3. The van der Waals surface area contributed by atoms with Crippen LogP contribution in [0.2, 0.25) is 0 Å². The van der Waals surface area contributed by atoms with E-state index >= 15 is 0 Å². The molecule has 3 rings (SSSR count). The maximum Gasteiger partial charge on any atom is 0.225 e. The highest BCUT2D eigenvalue weighted by atomic mass is 16.2. The molecule has 0 radical (unpaired) electrons. The van der Waals surface area contributed by atoms with Crippen LogP contribution in [0.15, 0.2) is 24.3 Å². The minimum atomic E-state index is 0.186. The molecule has 0 saturated carbocycles. The van der Waals surface area contributed by atoms with Gasteiger partial charge >= 0.3 is 0 Å². The van der Waals surface area contributed by atoms with E-state index in [1.54, 1.807) is 4.90 Å². The SMILES string of the molecule is CCn1c(CN2CCC(C(=O)N(C)C)CC2)nc2ccccc21. The molecule has 0 atom stereocenters. The average Bonchev–Trinajstić information content (AvgIpc) is 2.91. The molecule has 0 unspecified atom stereocenters. The summed E-state index contributed by atoms with van der Waals surface area (Å²) >= 11 is 0. The molecule has 0 aliphatic carbocycles. The lowest BCUT2D eigenvalue weighted by atomic mass is 9.95. The number of aromatic nitrogens is 2. The Labute approximate surface area is 137 Å². The van der Waals surface area contributed by atoms with E-state index in [9.17, 15) is 4.79 Å². The second-order valence-corrected chi connectivity index (χ2v) is 6.54. The smallest absolute Gasteiger partial charge is 0.225 e. The van der Waals surface area contributed by atoms with Gasteiger partial charge in [0.05, 0.1) is 17.6 Å². The van der Waals surface area contributed by atoms with E-state index in [1.807, 2.05) is 20.2 Å². The molecule has 1 aliphatic heterocycles. The van der Waals surface area contributed by atoms with Crippen LogP contribution < -0.4 is 0 Å². The number of hydrogen-bond donors (Lipinski definition) is 0. The van der Waals surface area contributed by atoms with Crippen molar-refractivity contribution in [2.75, 3.05) is 27.2 Å². The summed E-state index contributed by atoms with van der Waals surface area (Å²) in [4.78, 5) is 21.0. The predicted molar refractivity (Wildman–Crippen MR) is 92.1 cm³/mol. The Balaban J connectivity index is 1.68. The molecule has 1 aliphatic rings. The minimum absolute atomic E-state index is 0.186. The molecule has 1 fully saturated rings. The molecular formula is C18H26N4O. The lowest BCUT2D eigenvalue weighted by molar-refractivity contribution is -0.134. The van der Waals surface area contributed by atoms with E-state index in [2.05, 4.69) is 34.6 Å². The summed E-state index contributed by atoms with van der Waals surface area (Å²) in [7, 11) is 3.69. The first kappa shape index (κ1) is 16.0. The lowest BCUT2D eigenvalue weighted by Crippen LogP contribution is -2.40. The Bertz CT molecular complexity index is 683. The summed E-state index contributed by atoms with van der Waals surface area (Å²) in [5, 5.41) is 0. The van der Waals surface area contributed by atoms with Crippen LogP contribution >= 0.6 is 0 Å². The Morgan fingerprint density at radius 2 is 1.96 bits per heavy atom. The quantitative estimate of drug-likeness (QED) is 0.870. The Kier molecular flexibility index (Phi) is 4.66. The van der Waals surface area contributed by atoms with Crippen LogP contribution in [0.5, 0.6) is 0 Å². The summed E-state index contributed by atoms with van der Waals surface area (Å²) in [5.41, 5.74) is 2.28. The van der Waals surface area contributed by atoms with Gasteiger partial charge in [-0.25, -0.2) is 4.98 Å². The molecular weight excluding hydrogens is 288 g/mol. The van der Waals surface area contributed by atoms with Gasteiger partial charge in [0.1, 0.15) is 5.82 Å². The van der Waals surface area contributed by atoms with E-state index < -0.39 is 0 Å². The summed E-state index contributed by atoms with van der Waals surface area (Å²) < 4.78 is 2.30. The van der Waals surface area contributed by atoms with E-state index in [0.29, 0.717) is 0 Å². The standard InChI is InChI=1S/C18H26N4O/c1-4-22-16-8-6-5-7-15(16)19-17(22)13-21-11-9-14(10-12-21)18(23)20(2)3/h5-8,14H,4,9-13H2,1-3H3. The summed E-state index contributed by atoms with van der Waals surface area (Å²) in [6.45, 7) is 5.91. The molecule has 5 heteroatoms. The van der Waals surface area contributed by atoms with Gasteiger partial charge < -0.3 is 9.47 Å². The number of nitrogens with zero attached hydrogens (tertiary/aromatic N) is 4. The molecule has 0 bridgehead atoms. The topological polar surface area (TPSA) is 41.4 Å².